The number of hydrogen-bond donors (Lipinski definition) is 3. The number of rotatable bonds is 5. The Labute approximate surface area is 119 Å². The summed E-state index contributed by atoms with van der Waals surface area (Å²) in [4.78, 5) is 8.35. The molecule has 0 spiro atoms. The van der Waals surface area contributed by atoms with Crippen LogP contribution in [0.4, 0.5) is 11.8 Å². The second-order valence-electron chi connectivity index (χ2n) is 5.12. The third-order valence-electron chi connectivity index (χ3n) is 3.21. The molecule has 4 N–H and O–H groups in total. The topological polar surface area (TPSA) is 75.9 Å². The number of hydrogen-bond acceptors (Lipinski definition) is 5. The third-order valence-corrected chi connectivity index (χ3v) is 3.21. The van der Waals surface area contributed by atoms with Crippen LogP contribution in [0, 0.1) is 6.92 Å². The van der Waals surface area contributed by atoms with E-state index in [4.69, 9.17) is 5.84 Å². The lowest BCUT2D eigenvalue weighted by Gasteiger charge is -2.11. The first-order valence-corrected chi connectivity index (χ1v) is 6.73. The zero-order valence-electron chi connectivity index (χ0n) is 12.1. The molecular formula is C15H21N5. The quantitative estimate of drug-likeness (QED) is 0.576. The van der Waals surface area contributed by atoms with E-state index < -0.39 is 0 Å². The molecule has 1 aromatic carbocycles. The summed E-state index contributed by atoms with van der Waals surface area (Å²) in [7, 11) is 0. The Bertz CT molecular complexity index is 563. The number of nitrogen functional groups attached to an aromatic ring is 1. The highest BCUT2D eigenvalue weighted by Gasteiger charge is 2.03. The summed E-state index contributed by atoms with van der Waals surface area (Å²) >= 11 is 0. The monoisotopic (exact) mass is 271 g/mol. The number of hydrazine groups is 1. The first kappa shape index (κ1) is 14.3. The summed E-state index contributed by atoms with van der Waals surface area (Å²) in [5.74, 6) is 7.08. The summed E-state index contributed by atoms with van der Waals surface area (Å²) < 4.78 is 0. The molecule has 106 valence electrons. The molecule has 5 nitrogen and oxygen atoms in total. The molecule has 2 rings (SSSR count). The summed E-state index contributed by atoms with van der Waals surface area (Å²) in [6, 6.07) is 8.62. The number of aromatic nitrogens is 2. The van der Waals surface area contributed by atoms with Gasteiger partial charge in [0.2, 0.25) is 5.95 Å². The van der Waals surface area contributed by atoms with Crippen LogP contribution in [0.25, 0.3) is 0 Å². The van der Waals surface area contributed by atoms with Crippen LogP contribution in [0.15, 0.2) is 30.5 Å². The molecule has 0 fully saturated rings. The maximum Gasteiger partial charge on any atom is 0.239 e. The van der Waals surface area contributed by atoms with Gasteiger partial charge in [0.1, 0.15) is 5.82 Å². The number of benzene rings is 1. The fraction of sp³-hybridized carbons (Fsp3) is 0.333. The van der Waals surface area contributed by atoms with Crippen molar-refractivity contribution < 1.29 is 0 Å². The fourth-order valence-electron chi connectivity index (χ4n) is 1.90. The molecule has 0 aliphatic rings. The lowest BCUT2D eigenvalue weighted by molar-refractivity contribution is 0.865. The van der Waals surface area contributed by atoms with Crippen molar-refractivity contribution in [3.63, 3.8) is 0 Å². The van der Waals surface area contributed by atoms with Gasteiger partial charge in [0.05, 0.1) is 0 Å². The number of nitrogens with one attached hydrogen (secondary N) is 2. The Kier molecular flexibility index (Phi) is 4.53. The predicted octanol–water partition coefficient (Wildman–Crippen LogP) is 2.81. The Morgan fingerprint density at radius 1 is 1.20 bits per heavy atom. The van der Waals surface area contributed by atoms with Crippen molar-refractivity contribution in [3.8, 4) is 0 Å². The average molecular weight is 271 g/mol. The van der Waals surface area contributed by atoms with E-state index in [-0.39, 0.29) is 0 Å². The molecule has 0 amide bonds. The Balaban J connectivity index is 2.04. The second-order valence-corrected chi connectivity index (χ2v) is 5.12. The average Bonchev–Trinajstić information content (AvgIpc) is 2.47. The summed E-state index contributed by atoms with van der Waals surface area (Å²) in [5, 5.41) is 3.31. The van der Waals surface area contributed by atoms with Crippen molar-refractivity contribution in [2.24, 2.45) is 5.84 Å². The molecule has 20 heavy (non-hydrogen) atoms. The van der Waals surface area contributed by atoms with Gasteiger partial charge >= 0.3 is 0 Å². The van der Waals surface area contributed by atoms with Gasteiger partial charge in [-0.3, -0.25) is 5.43 Å². The lowest BCUT2D eigenvalue weighted by atomic mass is 10.0. The number of aryl methyl sites for hydroxylation is 1. The minimum absolute atomic E-state index is 0.410. The van der Waals surface area contributed by atoms with Gasteiger partial charge in [-0.05, 0) is 24.0 Å². The minimum atomic E-state index is 0.410. The van der Waals surface area contributed by atoms with Crippen molar-refractivity contribution in [1.82, 2.24) is 9.97 Å². The van der Waals surface area contributed by atoms with E-state index in [9.17, 15) is 0 Å². The van der Waals surface area contributed by atoms with E-state index in [1.54, 1.807) is 6.20 Å². The SMILES string of the molecule is Cc1cnc(NN)nc1NCc1ccc(C(C)C)cc1. The van der Waals surface area contributed by atoms with Gasteiger partial charge in [-0.15, -0.1) is 0 Å². The molecule has 5 heteroatoms. The largest absolute Gasteiger partial charge is 0.366 e. The lowest BCUT2D eigenvalue weighted by Crippen LogP contribution is -2.12. The van der Waals surface area contributed by atoms with E-state index in [0.29, 0.717) is 11.9 Å². The van der Waals surface area contributed by atoms with Crippen LogP contribution < -0.4 is 16.6 Å². The predicted molar refractivity (Wildman–Crippen MR) is 82.4 cm³/mol. The van der Waals surface area contributed by atoms with Crippen molar-refractivity contribution in [1.29, 1.82) is 0 Å². The summed E-state index contributed by atoms with van der Waals surface area (Å²) in [6.07, 6.45) is 1.74. The highest BCUT2D eigenvalue weighted by atomic mass is 15.3. The Hall–Kier alpha value is -2.14. The van der Waals surface area contributed by atoms with E-state index in [1.165, 1.54) is 11.1 Å². The molecular weight excluding hydrogens is 250 g/mol. The molecule has 0 radical (unpaired) electrons. The van der Waals surface area contributed by atoms with Crippen molar-refractivity contribution in [2.75, 3.05) is 10.7 Å². The van der Waals surface area contributed by atoms with Gasteiger partial charge in [0.15, 0.2) is 0 Å². The van der Waals surface area contributed by atoms with E-state index in [0.717, 1.165) is 17.9 Å². The first-order valence-electron chi connectivity index (χ1n) is 6.73. The third kappa shape index (κ3) is 3.45. The molecule has 0 saturated carbocycles. The standard InChI is InChI=1S/C15H21N5/c1-10(2)13-6-4-12(5-7-13)9-17-14-11(3)8-18-15(19-14)20-16/h4-8,10H,9,16H2,1-3H3,(H2,17,18,19,20). The molecule has 0 saturated heterocycles. The maximum atomic E-state index is 5.32. The number of anilines is 2. The summed E-state index contributed by atoms with van der Waals surface area (Å²) in [6.45, 7) is 7.07. The minimum Gasteiger partial charge on any atom is -0.366 e. The highest BCUT2D eigenvalue weighted by molar-refractivity contribution is 5.46. The molecule has 0 unspecified atom stereocenters. The highest BCUT2D eigenvalue weighted by Crippen LogP contribution is 2.16. The smallest absolute Gasteiger partial charge is 0.239 e. The van der Waals surface area contributed by atoms with Crippen LogP contribution in [0.1, 0.15) is 36.5 Å². The second kappa shape index (κ2) is 6.34. The molecule has 0 aliphatic carbocycles. The molecule has 2 aromatic rings. The fourth-order valence-corrected chi connectivity index (χ4v) is 1.90. The summed E-state index contributed by atoms with van der Waals surface area (Å²) in [5.41, 5.74) is 6.01. The van der Waals surface area contributed by atoms with Gasteiger partial charge in [0, 0.05) is 18.3 Å². The number of nitrogens with zero attached hydrogens (tertiary/aromatic N) is 2. The van der Waals surface area contributed by atoms with Gasteiger partial charge in [-0.1, -0.05) is 38.1 Å². The van der Waals surface area contributed by atoms with Crippen LogP contribution in [-0.4, -0.2) is 9.97 Å². The van der Waals surface area contributed by atoms with Crippen LogP contribution >= 0.6 is 0 Å². The van der Waals surface area contributed by atoms with Crippen molar-refractivity contribution in [3.05, 3.63) is 47.2 Å². The maximum absolute atomic E-state index is 5.32. The molecule has 0 bridgehead atoms. The van der Waals surface area contributed by atoms with Gasteiger partial charge in [0.25, 0.3) is 0 Å². The van der Waals surface area contributed by atoms with Crippen LogP contribution in [-0.2, 0) is 6.54 Å². The molecule has 1 aromatic heterocycles. The van der Waals surface area contributed by atoms with Gasteiger partial charge < -0.3 is 5.32 Å². The van der Waals surface area contributed by atoms with Crippen molar-refractivity contribution >= 4 is 11.8 Å². The van der Waals surface area contributed by atoms with E-state index in [1.807, 2.05) is 6.92 Å². The van der Waals surface area contributed by atoms with Crippen LogP contribution in [0.3, 0.4) is 0 Å². The Morgan fingerprint density at radius 3 is 2.50 bits per heavy atom. The zero-order valence-corrected chi connectivity index (χ0v) is 12.1. The molecule has 1 heterocycles. The van der Waals surface area contributed by atoms with E-state index in [2.05, 4.69) is 58.8 Å². The van der Waals surface area contributed by atoms with Gasteiger partial charge in [-0.25, -0.2) is 10.8 Å². The van der Waals surface area contributed by atoms with Gasteiger partial charge in [-0.2, -0.15) is 4.98 Å². The normalized spacial score (nSPS) is 10.7. The van der Waals surface area contributed by atoms with Crippen LogP contribution in [0.5, 0.6) is 0 Å². The van der Waals surface area contributed by atoms with Crippen molar-refractivity contribution in [2.45, 2.75) is 33.2 Å². The first-order chi connectivity index (χ1) is 9.60. The molecule has 0 atom stereocenters. The van der Waals surface area contributed by atoms with E-state index >= 15 is 0 Å². The zero-order chi connectivity index (χ0) is 14.5. The Morgan fingerprint density at radius 2 is 1.90 bits per heavy atom. The number of nitrogens with two attached hydrogens (primary N) is 1. The molecule has 0 aliphatic heterocycles. The van der Waals surface area contributed by atoms with Crippen LogP contribution in [0.2, 0.25) is 0 Å².